The minimum atomic E-state index is -4.99. The van der Waals surface area contributed by atoms with E-state index in [4.69, 9.17) is 11.5 Å². The van der Waals surface area contributed by atoms with Crippen molar-refractivity contribution in [3.05, 3.63) is 102 Å². The number of rotatable bonds is 29. The van der Waals surface area contributed by atoms with Gasteiger partial charge in [-0.15, -0.1) is 0 Å². The fraction of sp³-hybridized carbons (Fsp3) is 0.404. The zero-order valence-electron chi connectivity index (χ0n) is 38.7. The summed E-state index contributed by atoms with van der Waals surface area (Å²) in [6, 6.07) is 13.2. The fourth-order valence-corrected chi connectivity index (χ4v) is 7.66. The number of nitrogens with one attached hydrogen (secondary N) is 7. The molecule has 0 spiro atoms. The predicted octanol–water partition coefficient (Wildman–Crippen LogP) is 0.243. The molecular weight excluding hydrogens is 931 g/mol. The highest BCUT2D eigenvalue weighted by Crippen LogP contribution is 2.20. The average Bonchev–Trinajstić information content (AvgIpc) is 3.72. The van der Waals surface area contributed by atoms with Crippen LogP contribution < -0.4 is 47.6 Å². The number of carboxylic acid groups (broad SMARTS) is 1. The van der Waals surface area contributed by atoms with Crippen LogP contribution in [-0.4, -0.2) is 113 Å². The molecule has 4 aromatic rings. The Balaban J connectivity index is 1.48. The zero-order valence-corrected chi connectivity index (χ0v) is 39.6. The third-order valence-electron chi connectivity index (χ3n) is 11.0. The number of benzene rings is 3. The van der Waals surface area contributed by atoms with Gasteiger partial charge >= 0.3 is 5.97 Å². The number of carbonyl (C=O) groups is 8. The summed E-state index contributed by atoms with van der Waals surface area (Å²) in [5.74, 6) is -7.54. The number of para-hydroxylation sites is 1. The molecule has 0 fully saturated rings. The standard InChI is InChI=1S/C47H61N9O13S/c1-3-5-15-35(53-43(61)33(48)22-29-18-20-31(21-19-29)69-70(66,67)68)44(62)51-27-40(57)52-38(24-30-26-50-34-17-11-10-14-32(30)34)46(64)54-36(16-6-4-2)45(63)56-39(25-41(58)59)47(65)55-37(42(49)60)23-28-12-8-7-9-13-28/h7-14,17-21,26,33,35-39,50H,3-6,15-16,22-25,27,48H2,1-2H3,(H2,49,60)(H,51,62)(H,52,57)(H,53,61)(H,54,64)(H,55,65)(H,56,63)(H,58,59)(H,66,67,68)/p-1/t33-,35-,36-,37-,38-,39-/m0/s1. The first kappa shape index (κ1) is 55.2. The van der Waals surface area contributed by atoms with E-state index in [9.17, 15) is 56.4 Å². The van der Waals surface area contributed by atoms with Gasteiger partial charge in [0.25, 0.3) is 10.4 Å². The van der Waals surface area contributed by atoms with Crippen LogP contribution >= 0.6 is 0 Å². The smallest absolute Gasteiger partial charge is 0.305 e. The molecule has 0 unspecified atom stereocenters. The van der Waals surface area contributed by atoms with Crippen molar-refractivity contribution in [3.8, 4) is 5.75 Å². The Kier molecular flexibility index (Phi) is 21.3. The molecule has 0 saturated carbocycles. The van der Waals surface area contributed by atoms with Gasteiger partial charge in [0.2, 0.25) is 41.4 Å². The van der Waals surface area contributed by atoms with E-state index in [-0.39, 0.29) is 37.9 Å². The van der Waals surface area contributed by atoms with Gasteiger partial charge in [0.1, 0.15) is 36.0 Å². The van der Waals surface area contributed by atoms with Gasteiger partial charge in [0.05, 0.1) is 19.0 Å². The van der Waals surface area contributed by atoms with Crippen LogP contribution in [0, 0.1) is 0 Å². The van der Waals surface area contributed by atoms with E-state index in [1.807, 2.05) is 19.9 Å². The van der Waals surface area contributed by atoms with Gasteiger partial charge in [-0.1, -0.05) is 100 Å². The second-order valence-corrected chi connectivity index (χ2v) is 17.5. The number of H-pyrrole nitrogens is 1. The van der Waals surface area contributed by atoms with Crippen molar-refractivity contribution < 1.29 is 60.6 Å². The summed E-state index contributed by atoms with van der Waals surface area (Å²) >= 11 is 0. The van der Waals surface area contributed by atoms with Crippen LogP contribution in [0.4, 0.5) is 0 Å². The first-order valence-corrected chi connectivity index (χ1v) is 24.0. The van der Waals surface area contributed by atoms with Crippen LogP contribution in [0.15, 0.2) is 85.1 Å². The number of hydrogen-bond acceptors (Lipinski definition) is 13. The molecule has 22 nitrogen and oxygen atoms in total. The Morgan fingerprint density at radius 2 is 1.20 bits per heavy atom. The van der Waals surface area contributed by atoms with Crippen molar-refractivity contribution in [2.24, 2.45) is 11.5 Å². The van der Waals surface area contributed by atoms with E-state index in [2.05, 4.69) is 41.1 Å². The Labute approximate surface area is 404 Å². The maximum Gasteiger partial charge on any atom is 0.305 e. The number of primary amides is 1. The summed E-state index contributed by atoms with van der Waals surface area (Å²) in [6.45, 7) is 3.07. The van der Waals surface area contributed by atoms with Crippen molar-refractivity contribution in [2.45, 2.75) is 114 Å². The quantitative estimate of drug-likeness (QED) is 0.0258. The van der Waals surface area contributed by atoms with Gasteiger partial charge < -0.3 is 62.2 Å². The lowest BCUT2D eigenvalue weighted by Gasteiger charge is -2.26. The largest absolute Gasteiger partial charge is 0.716 e. The molecule has 0 saturated heterocycles. The molecule has 12 N–H and O–H groups in total. The topological polar surface area (TPSA) is 363 Å². The first-order valence-electron chi connectivity index (χ1n) is 22.6. The normalized spacial score (nSPS) is 13.8. The van der Waals surface area contributed by atoms with Crippen LogP contribution in [0.3, 0.4) is 0 Å². The maximum absolute atomic E-state index is 14.2. The van der Waals surface area contributed by atoms with Crippen LogP contribution in [0.1, 0.15) is 75.5 Å². The highest BCUT2D eigenvalue weighted by atomic mass is 32.3. The van der Waals surface area contributed by atoms with E-state index in [0.717, 1.165) is 10.9 Å². The number of carbonyl (C=O) groups excluding carboxylic acids is 7. The molecule has 70 heavy (non-hydrogen) atoms. The van der Waals surface area contributed by atoms with Crippen LogP contribution in [0.25, 0.3) is 10.9 Å². The lowest BCUT2D eigenvalue weighted by Crippen LogP contribution is -2.59. The lowest BCUT2D eigenvalue weighted by atomic mass is 10.0. The number of amides is 7. The van der Waals surface area contributed by atoms with Crippen LogP contribution in [0.5, 0.6) is 5.75 Å². The lowest BCUT2D eigenvalue weighted by molar-refractivity contribution is -0.141. The number of fused-ring (bicyclic) bond motifs is 1. The number of aromatic nitrogens is 1. The molecular formula is C47H60N9O13S-. The summed E-state index contributed by atoms with van der Waals surface area (Å²) in [4.78, 5) is 109. The van der Waals surface area contributed by atoms with E-state index in [0.29, 0.717) is 42.4 Å². The summed E-state index contributed by atoms with van der Waals surface area (Å²) in [5.41, 5.74) is 14.2. The fourth-order valence-electron chi connectivity index (χ4n) is 7.32. The van der Waals surface area contributed by atoms with Crippen LogP contribution in [-0.2, 0) is 68.0 Å². The number of carboxylic acids is 1. The molecule has 0 radical (unpaired) electrons. The van der Waals surface area contributed by atoms with Crippen molar-refractivity contribution in [2.75, 3.05) is 6.54 Å². The summed E-state index contributed by atoms with van der Waals surface area (Å²) < 4.78 is 37.0. The highest BCUT2D eigenvalue weighted by Gasteiger charge is 2.33. The van der Waals surface area contributed by atoms with E-state index in [1.54, 1.807) is 54.7 Å². The second-order valence-electron chi connectivity index (χ2n) is 16.6. The zero-order chi connectivity index (χ0) is 51.4. The number of aromatic amines is 1. The predicted molar refractivity (Wildman–Crippen MR) is 254 cm³/mol. The van der Waals surface area contributed by atoms with Gasteiger partial charge in [-0.05, 0) is 54.2 Å². The van der Waals surface area contributed by atoms with Crippen molar-refractivity contribution in [3.63, 3.8) is 0 Å². The number of hydrogen-bond donors (Lipinski definition) is 10. The van der Waals surface area contributed by atoms with E-state index >= 15 is 0 Å². The molecule has 4 rings (SSSR count). The third kappa shape index (κ3) is 18.3. The van der Waals surface area contributed by atoms with Gasteiger partial charge in [0.15, 0.2) is 0 Å². The number of nitrogens with two attached hydrogens (primary N) is 2. The van der Waals surface area contributed by atoms with Gasteiger partial charge in [-0.25, -0.2) is 8.42 Å². The summed E-state index contributed by atoms with van der Waals surface area (Å²) in [7, 11) is -4.99. The molecule has 6 atom stereocenters. The first-order chi connectivity index (χ1) is 33.3. The Bertz CT molecular complexity index is 2560. The minimum Gasteiger partial charge on any atom is -0.716 e. The molecule has 0 aliphatic heterocycles. The minimum absolute atomic E-state index is 0.0108. The van der Waals surface area contributed by atoms with Gasteiger partial charge in [-0.3, -0.25) is 38.4 Å². The van der Waals surface area contributed by atoms with Gasteiger partial charge in [0, 0.05) is 29.9 Å². The molecule has 1 aromatic heterocycles. The Morgan fingerprint density at radius 1 is 0.657 bits per heavy atom. The Hall–Kier alpha value is -7.37. The SMILES string of the molecule is CCCC[C@H](NC(=O)[C@H](Cc1c[nH]c2ccccc12)NC(=O)CNC(=O)[C@H](CCCC)NC(=O)[C@@H](N)Cc1ccc(OS(=O)(=O)[O-])cc1)C(=O)N[C@@H](CC(=O)O)C(=O)N[C@@H](Cc1ccccc1)C(N)=O. The van der Waals surface area contributed by atoms with Gasteiger partial charge in [-0.2, -0.15) is 0 Å². The van der Waals surface area contributed by atoms with Crippen molar-refractivity contribution in [1.82, 2.24) is 36.9 Å². The van der Waals surface area contributed by atoms with E-state index in [1.165, 1.54) is 24.3 Å². The van der Waals surface area contributed by atoms with Crippen molar-refractivity contribution in [1.29, 1.82) is 0 Å². The summed E-state index contributed by atoms with van der Waals surface area (Å²) in [6.07, 6.45) is 2.99. The molecule has 7 amide bonds. The maximum atomic E-state index is 14.2. The molecule has 378 valence electrons. The monoisotopic (exact) mass is 990 g/mol. The van der Waals surface area contributed by atoms with E-state index < -0.39 is 107 Å². The number of aliphatic carboxylic acids is 1. The van der Waals surface area contributed by atoms with Crippen molar-refractivity contribution >= 4 is 68.6 Å². The van der Waals surface area contributed by atoms with Crippen LogP contribution in [0.2, 0.25) is 0 Å². The third-order valence-corrected chi connectivity index (χ3v) is 11.4. The molecule has 0 aliphatic carbocycles. The molecule has 3 aromatic carbocycles. The molecule has 0 bridgehead atoms. The summed E-state index contributed by atoms with van der Waals surface area (Å²) in [5, 5.41) is 25.7. The number of unbranched alkanes of at least 4 members (excludes halogenated alkanes) is 2. The Morgan fingerprint density at radius 3 is 1.81 bits per heavy atom. The second kappa shape index (κ2) is 27.0. The molecule has 1 heterocycles. The molecule has 23 heteroatoms. The average molecular weight is 991 g/mol. The molecule has 0 aliphatic rings. The highest BCUT2D eigenvalue weighted by molar-refractivity contribution is 7.81.